The molecule has 0 N–H and O–H groups in total. The molecular weight excluding hydrogens is 211 g/mol. The number of hydrogen-bond donors (Lipinski definition) is 0. The topological polar surface area (TPSA) is 26.3 Å². The molecule has 0 spiro atoms. The molecule has 17 heavy (non-hydrogen) atoms. The molecule has 2 saturated heterocycles. The molecule has 0 radical (unpaired) electrons. The second-order valence-electron chi connectivity index (χ2n) is 5.52. The summed E-state index contributed by atoms with van der Waals surface area (Å²) in [5.74, 6) is 4.12. The lowest BCUT2D eigenvalue weighted by molar-refractivity contribution is -0.140. The van der Waals surface area contributed by atoms with Crippen LogP contribution >= 0.6 is 0 Å². The van der Waals surface area contributed by atoms with Crippen LogP contribution in [0.25, 0.3) is 0 Å². The summed E-state index contributed by atoms with van der Waals surface area (Å²) in [6.07, 6.45) is 11.7. The van der Waals surface area contributed by atoms with Gasteiger partial charge in [-0.05, 0) is 6.42 Å². The summed E-state index contributed by atoms with van der Waals surface area (Å²) in [6.45, 7) is 2.82. The minimum atomic E-state index is -0.173. The third-order valence-corrected chi connectivity index (χ3v) is 4.34. The molecule has 0 aromatic rings. The Kier molecular flexibility index (Phi) is 4.70. The molecule has 0 aromatic heterocycles. The Morgan fingerprint density at radius 1 is 1.24 bits per heavy atom. The van der Waals surface area contributed by atoms with Crippen LogP contribution in [0.3, 0.4) is 0 Å². The Balaban J connectivity index is 1.77. The molecule has 94 valence electrons. The van der Waals surface area contributed by atoms with Crippen molar-refractivity contribution in [1.82, 2.24) is 0 Å². The number of esters is 1. The zero-order valence-corrected chi connectivity index (χ0v) is 10.9. The van der Waals surface area contributed by atoms with Gasteiger partial charge in [0.25, 0.3) is 0 Å². The summed E-state index contributed by atoms with van der Waals surface area (Å²) in [5.41, 5.74) is 0. The summed E-state index contributed by atoms with van der Waals surface area (Å²) in [4.78, 5) is 10.6. The quantitative estimate of drug-likeness (QED) is 0.421. The third kappa shape index (κ3) is 3.62. The highest BCUT2D eigenvalue weighted by molar-refractivity contribution is 6.67. The number of carbonyl (C=O) groups is 1. The first-order chi connectivity index (χ1) is 8.27. The molecular formula is C14H23BO2. The van der Waals surface area contributed by atoms with Crippen LogP contribution in [0.1, 0.15) is 51.9 Å². The smallest absolute Gasteiger partial charge is 0.302 e. The second-order valence-corrected chi connectivity index (χ2v) is 5.52. The lowest BCUT2D eigenvalue weighted by Gasteiger charge is -2.39. The molecule has 0 atom stereocenters. The highest BCUT2D eigenvalue weighted by Gasteiger charge is 2.36. The first-order valence-corrected chi connectivity index (χ1v) is 7.07. The Bertz CT molecular complexity index is 266. The Morgan fingerprint density at radius 2 is 1.82 bits per heavy atom. The summed E-state index contributed by atoms with van der Waals surface area (Å²) in [6, 6.07) is 0. The maximum absolute atomic E-state index is 10.6. The number of carbonyl (C=O) groups excluding carboxylic acids is 1. The fourth-order valence-corrected chi connectivity index (χ4v) is 3.57. The zero-order valence-electron chi connectivity index (χ0n) is 10.9. The highest BCUT2D eigenvalue weighted by atomic mass is 16.5. The minimum Gasteiger partial charge on any atom is -0.466 e. The van der Waals surface area contributed by atoms with E-state index in [0.29, 0.717) is 6.61 Å². The van der Waals surface area contributed by atoms with Crippen molar-refractivity contribution in [3.63, 3.8) is 0 Å². The number of hydrogen-bond acceptors (Lipinski definition) is 2. The summed E-state index contributed by atoms with van der Waals surface area (Å²) in [7, 11) is 0. The van der Waals surface area contributed by atoms with Crippen LogP contribution in [0.4, 0.5) is 0 Å². The van der Waals surface area contributed by atoms with E-state index in [1.165, 1.54) is 45.4 Å². The fraction of sp³-hybridized carbons (Fsp3) is 0.786. The Morgan fingerprint density at radius 3 is 2.35 bits per heavy atom. The maximum Gasteiger partial charge on any atom is 0.302 e. The van der Waals surface area contributed by atoms with E-state index in [1.54, 1.807) is 0 Å². The van der Waals surface area contributed by atoms with Crippen molar-refractivity contribution in [1.29, 1.82) is 0 Å². The summed E-state index contributed by atoms with van der Waals surface area (Å²) in [5, 5.41) is 0. The van der Waals surface area contributed by atoms with Gasteiger partial charge in [0.15, 0.2) is 6.71 Å². The maximum atomic E-state index is 10.6. The molecule has 2 nitrogen and oxygen atoms in total. The van der Waals surface area contributed by atoms with Crippen molar-refractivity contribution in [3.8, 4) is 0 Å². The van der Waals surface area contributed by atoms with E-state index in [2.05, 4.69) is 12.1 Å². The lowest BCUT2D eigenvalue weighted by atomic mass is 9.27. The van der Waals surface area contributed by atoms with Crippen molar-refractivity contribution >= 4 is 12.7 Å². The molecule has 2 rings (SSSR count). The Labute approximate surface area is 105 Å². The highest BCUT2D eigenvalue weighted by Crippen LogP contribution is 2.46. The van der Waals surface area contributed by atoms with Gasteiger partial charge in [-0.25, -0.2) is 0 Å². The molecule has 2 bridgehead atoms. The molecule has 0 amide bonds. The first-order valence-electron chi connectivity index (χ1n) is 7.07. The van der Waals surface area contributed by atoms with Crippen LogP contribution in [0.2, 0.25) is 11.6 Å². The van der Waals surface area contributed by atoms with Crippen LogP contribution in [-0.4, -0.2) is 19.3 Å². The minimum absolute atomic E-state index is 0.173. The molecule has 2 aliphatic heterocycles. The molecule has 2 fully saturated rings. The SMILES string of the molecule is CC(=O)OCC/C=C/B1C2CCCC1CCC2. The van der Waals surface area contributed by atoms with Crippen molar-refractivity contribution in [2.45, 2.75) is 63.5 Å². The van der Waals surface area contributed by atoms with Gasteiger partial charge in [0.1, 0.15) is 0 Å². The largest absolute Gasteiger partial charge is 0.466 e. The molecule has 0 aliphatic carbocycles. The lowest BCUT2D eigenvalue weighted by Crippen LogP contribution is -2.33. The van der Waals surface area contributed by atoms with Gasteiger partial charge >= 0.3 is 5.97 Å². The van der Waals surface area contributed by atoms with Crippen LogP contribution in [0, 0.1) is 0 Å². The molecule has 0 saturated carbocycles. The van der Waals surface area contributed by atoms with Crippen molar-refractivity contribution in [3.05, 3.63) is 12.1 Å². The van der Waals surface area contributed by atoms with E-state index in [9.17, 15) is 4.79 Å². The van der Waals surface area contributed by atoms with E-state index in [1.807, 2.05) is 0 Å². The van der Waals surface area contributed by atoms with E-state index in [0.717, 1.165) is 24.8 Å². The van der Waals surface area contributed by atoms with Crippen LogP contribution in [-0.2, 0) is 9.53 Å². The standard InChI is InChI=1S/C14H23BO2/c1-12(16)17-11-3-2-10-15-13-6-4-7-14(15)9-5-8-13/h2,10,13-14H,3-9,11H2,1H3/b10-2+. The number of ether oxygens (including phenoxy) is 1. The predicted molar refractivity (Wildman–Crippen MR) is 71.3 cm³/mol. The van der Waals surface area contributed by atoms with Gasteiger partial charge in [-0.15, -0.1) is 5.98 Å². The zero-order chi connectivity index (χ0) is 12.1. The average molecular weight is 234 g/mol. The summed E-state index contributed by atoms with van der Waals surface area (Å²) < 4.78 is 4.94. The normalized spacial score (nSPS) is 28.4. The fourth-order valence-electron chi connectivity index (χ4n) is 3.57. The average Bonchev–Trinajstić information content (AvgIpc) is 2.27. The van der Waals surface area contributed by atoms with Crippen LogP contribution < -0.4 is 0 Å². The first kappa shape index (κ1) is 12.7. The van der Waals surface area contributed by atoms with Crippen molar-refractivity contribution < 1.29 is 9.53 Å². The van der Waals surface area contributed by atoms with Gasteiger partial charge < -0.3 is 4.74 Å². The van der Waals surface area contributed by atoms with Crippen LogP contribution in [0.5, 0.6) is 0 Å². The van der Waals surface area contributed by atoms with E-state index >= 15 is 0 Å². The van der Waals surface area contributed by atoms with Gasteiger partial charge in [-0.3, -0.25) is 4.79 Å². The van der Waals surface area contributed by atoms with E-state index in [4.69, 9.17) is 4.74 Å². The second kappa shape index (κ2) is 6.27. The molecule has 0 unspecified atom stereocenters. The van der Waals surface area contributed by atoms with Gasteiger partial charge in [0.2, 0.25) is 0 Å². The number of fused-ring (bicyclic) bond motifs is 2. The predicted octanol–water partition coefficient (Wildman–Crippen LogP) is 3.64. The van der Waals surface area contributed by atoms with Gasteiger partial charge in [0, 0.05) is 6.92 Å². The number of rotatable bonds is 4. The van der Waals surface area contributed by atoms with Crippen molar-refractivity contribution in [2.24, 2.45) is 0 Å². The van der Waals surface area contributed by atoms with E-state index in [-0.39, 0.29) is 5.97 Å². The van der Waals surface area contributed by atoms with Crippen LogP contribution in [0.15, 0.2) is 12.1 Å². The molecule has 2 heterocycles. The molecule has 2 aliphatic rings. The van der Waals surface area contributed by atoms with Crippen molar-refractivity contribution in [2.75, 3.05) is 6.61 Å². The summed E-state index contributed by atoms with van der Waals surface area (Å²) >= 11 is 0. The van der Waals surface area contributed by atoms with E-state index < -0.39 is 0 Å². The van der Waals surface area contributed by atoms with Gasteiger partial charge in [-0.1, -0.05) is 56.2 Å². The molecule has 0 aromatic carbocycles. The Hall–Kier alpha value is -0.725. The third-order valence-electron chi connectivity index (χ3n) is 4.34. The van der Waals surface area contributed by atoms with Gasteiger partial charge in [0.05, 0.1) is 6.61 Å². The monoisotopic (exact) mass is 234 g/mol. The molecule has 3 heteroatoms. The van der Waals surface area contributed by atoms with Gasteiger partial charge in [-0.2, -0.15) is 0 Å².